The molecule has 6 heteroatoms. The number of rotatable bonds is 5. The maximum Gasteiger partial charge on any atom is 0.231 e. The van der Waals surface area contributed by atoms with Gasteiger partial charge in [-0.3, -0.25) is 0 Å². The topological polar surface area (TPSA) is 44.7 Å². The number of para-hydroxylation sites is 1. The minimum Gasteiger partial charge on any atom is -0.497 e. The first-order valence-electron chi connectivity index (χ1n) is 9.50. The highest BCUT2D eigenvalue weighted by atomic mass is 16.5. The summed E-state index contributed by atoms with van der Waals surface area (Å²) in [5, 5.41) is 0. The molecule has 0 amide bonds. The highest BCUT2D eigenvalue weighted by Gasteiger charge is 2.19. The van der Waals surface area contributed by atoms with E-state index in [1.54, 1.807) is 7.11 Å². The number of benzene rings is 2. The Labute approximate surface area is 166 Å². The molecular weight excluding hydrogens is 350 g/mol. The molecule has 1 fully saturated rings. The monoisotopic (exact) mass is 375 g/mol. The normalized spacial score (nSPS) is 14.1. The van der Waals surface area contributed by atoms with Gasteiger partial charge in [0, 0.05) is 50.8 Å². The number of hydrogen-bond acceptors (Lipinski definition) is 6. The Hall–Kier alpha value is -3.28. The molecule has 0 unspecified atom stereocenters. The van der Waals surface area contributed by atoms with Gasteiger partial charge in [0.05, 0.1) is 7.11 Å². The quantitative estimate of drug-likeness (QED) is 0.679. The summed E-state index contributed by atoms with van der Waals surface area (Å²) < 4.78 is 5.25. The molecule has 0 N–H and O–H groups in total. The molecule has 1 aliphatic heterocycles. The molecule has 1 aromatic heterocycles. The second-order valence-electron chi connectivity index (χ2n) is 6.78. The van der Waals surface area contributed by atoms with Gasteiger partial charge in [-0.2, -0.15) is 4.98 Å². The average Bonchev–Trinajstić information content (AvgIpc) is 2.79. The van der Waals surface area contributed by atoms with Gasteiger partial charge in [-0.15, -0.1) is 0 Å². The van der Waals surface area contributed by atoms with Gasteiger partial charge in [0.1, 0.15) is 11.6 Å². The van der Waals surface area contributed by atoms with Gasteiger partial charge in [0.15, 0.2) is 0 Å². The zero-order valence-electron chi connectivity index (χ0n) is 16.3. The molecule has 144 valence electrons. The number of aromatic nitrogens is 2. The first kappa shape index (κ1) is 18.1. The number of hydrogen-bond donors (Lipinski definition) is 0. The molecule has 1 saturated heterocycles. The van der Waals surface area contributed by atoms with Crippen molar-refractivity contribution in [2.45, 2.75) is 0 Å². The smallest absolute Gasteiger partial charge is 0.231 e. The van der Waals surface area contributed by atoms with E-state index in [2.05, 4.69) is 39.0 Å². The SMILES string of the molecule is COc1ccc(N2CCN(c3ccnc(N(C)c4ccccc4)n3)CC2)cc1. The summed E-state index contributed by atoms with van der Waals surface area (Å²) in [7, 11) is 3.69. The Morgan fingerprint density at radius 1 is 0.857 bits per heavy atom. The van der Waals surface area contributed by atoms with Gasteiger partial charge >= 0.3 is 0 Å². The van der Waals surface area contributed by atoms with Crippen LogP contribution < -0.4 is 19.4 Å². The fraction of sp³-hybridized carbons (Fsp3) is 0.273. The Bertz CT molecular complexity index is 892. The van der Waals surface area contributed by atoms with Gasteiger partial charge in [-0.05, 0) is 42.5 Å². The van der Waals surface area contributed by atoms with Crippen LogP contribution in [0.5, 0.6) is 5.75 Å². The van der Waals surface area contributed by atoms with E-state index in [1.165, 1.54) is 5.69 Å². The molecule has 0 radical (unpaired) electrons. The lowest BCUT2D eigenvalue weighted by Gasteiger charge is -2.37. The van der Waals surface area contributed by atoms with Crippen molar-refractivity contribution in [3.8, 4) is 5.75 Å². The number of ether oxygens (including phenoxy) is 1. The average molecular weight is 375 g/mol. The molecule has 4 rings (SSSR count). The zero-order chi connectivity index (χ0) is 19.3. The fourth-order valence-corrected chi connectivity index (χ4v) is 3.43. The lowest BCUT2D eigenvalue weighted by molar-refractivity contribution is 0.415. The molecule has 6 nitrogen and oxygen atoms in total. The van der Waals surface area contributed by atoms with Gasteiger partial charge in [-0.25, -0.2) is 4.98 Å². The Kier molecular flexibility index (Phi) is 5.28. The third kappa shape index (κ3) is 3.86. The largest absolute Gasteiger partial charge is 0.497 e. The van der Waals surface area contributed by atoms with Crippen LogP contribution in [0.15, 0.2) is 66.9 Å². The minimum absolute atomic E-state index is 0.710. The minimum atomic E-state index is 0.710. The van der Waals surface area contributed by atoms with Gasteiger partial charge in [0.25, 0.3) is 0 Å². The summed E-state index contributed by atoms with van der Waals surface area (Å²) in [4.78, 5) is 16.0. The molecule has 1 aliphatic rings. The van der Waals surface area contributed by atoms with Crippen LogP contribution in [0.25, 0.3) is 0 Å². The molecule has 0 atom stereocenters. The lowest BCUT2D eigenvalue weighted by Crippen LogP contribution is -2.46. The van der Waals surface area contributed by atoms with Gasteiger partial charge in [-0.1, -0.05) is 18.2 Å². The van der Waals surface area contributed by atoms with E-state index in [0.717, 1.165) is 43.4 Å². The van der Waals surface area contributed by atoms with Crippen LogP contribution in [0.1, 0.15) is 0 Å². The predicted molar refractivity (Wildman–Crippen MR) is 114 cm³/mol. The van der Waals surface area contributed by atoms with Crippen molar-refractivity contribution in [3.05, 3.63) is 66.9 Å². The van der Waals surface area contributed by atoms with E-state index in [4.69, 9.17) is 9.72 Å². The van der Waals surface area contributed by atoms with Crippen molar-refractivity contribution in [1.29, 1.82) is 0 Å². The van der Waals surface area contributed by atoms with Crippen molar-refractivity contribution in [2.24, 2.45) is 0 Å². The predicted octanol–water partition coefficient (Wildman–Crippen LogP) is 3.58. The van der Waals surface area contributed by atoms with E-state index in [-0.39, 0.29) is 0 Å². The Balaban J connectivity index is 1.43. The van der Waals surface area contributed by atoms with Crippen LogP contribution in [0.3, 0.4) is 0 Å². The second kappa shape index (κ2) is 8.17. The third-order valence-electron chi connectivity index (χ3n) is 5.11. The number of anilines is 4. The third-order valence-corrected chi connectivity index (χ3v) is 5.11. The van der Waals surface area contributed by atoms with Crippen LogP contribution in [0, 0.1) is 0 Å². The van der Waals surface area contributed by atoms with Crippen LogP contribution >= 0.6 is 0 Å². The molecule has 28 heavy (non-hydrogen) atoms. The summed E-state index contributed by atoms with van der Waals surface area (Å²) in [6.45, 7) is 3.77. The van der Waals surface area contributed by atoms with E-state index in [1.807, 2.05) is 54.5 Å². The van der Waals surface area contributed by atoms with Crippen molar-refractivity contribution in [3.63, 3.8) is 0 Å². The summed E-state index contributed by atoms with van der Waals surface area (Å²) in [6.07, 6.45) is 1.84. The van der Waals surface area contributed by atoms with Gasteiger partial charge in [0.2, 0.25) is 5.95 Å². The highest BCUT2D eigenvalue weighted by Crippen LogP contribution is 2.24. The van der Waals surface area contributed by atoms with E-state index < -0.39 is 0 Å². The van der Waals surface area contributed by atoms with Crippen LogP contribution in [-0.2, 0) is 0 Å². The van der Waals surface area contributed by atoms with Crippen molar-refractivity contribution < 1.29 is 4.74 Å². The first-order chi connectivity index (χ1) is 13.7. The maximum atomic E-state index is 5.25. The van der Waals surface area contributed by atoms with E-state index in [0.29, 0.717) is 5.95 Å². The van der Waals surface area contributed by atoms with Gasteiger partial charge < -0.3 is 19.4 Å². The van der Waals surface area contributed by atoms with Crippen LogP contribution in [0.2, 0.25) is 0 Å². The molecule has 3 aromatic rings. The molecular formula is C22H25N5O. The standard InChI is InChI=1S/C22H25N5O/c1-25(18-6-4-3-5-7-18)22-23-13-12-21(24-22)27-16-14-26(15-17-27)19-8-10-20(28-2)11-9-19/h3-13H,14-17H2,1-2H3. The van der Waals surface area contributed by atoms with Crippen molar-refractivity contribution in [2.75, 3.05) is 55.0 Å². The first-order valence-corrected chi connectivity index (χ1v) is 9.50. The summed E-state index contributed by atoms with van der Waals surface area (Å²) in [6, 6.07) is 20.4. The molecule has 0 spiro atoms. The maximum absolute atomic E-state index is 5.25. The van der Waals surface area contributed by atoms with Crippen molar-refractivity contribution in [1.82, 2.24) is 9.97 Å². The molecule has 2 heterocycles. The molecule has 0 saturated carbocycles. The highest BCUT2D eigenvalue weighted by molar-refractivity contribution is 5.58. The fourth-order valence-electron chi connectivity index (χ4n) is 3.43. The van der Waals surface area contributed by atoms with E-state index >= 15 is 0 Å². The van der Waals surface area contributed by atoms with Crippen molar-refractivity contribution >= 4 is 23.1 Å². The molecule has 0 aliphatic carbocycles. The summed E-state index contributed by atoms with van der Waals surface area (Å²) >= 11 is 0. The summed E-state index contributed by atoms with van der Waals surface area (Å²) in [5.74, 6) is 2.57. The zero-order valence-corrected chi connectivity index (χ0v) is 16.3. The Morgan fingerprint density at radius 2 is 1.54 bits per heavy atom. The number of nitrogens with zero attached hydrogens (tertiary/aromatic N) is 5. The number of piperazine rings is 1. The Morgan fingerprint density at radius 3 is 2.21 bits per heavy atom. The molecule has 2 aromatic carbocycles. The summed E-state index contributed by atoms with van der Waals surface area (Å²) in [5.41, 5.74) is 2.30. The van der Waals surface area contributed by atoms with Crippen LogP contribution in [-0.4, -0.2) is 50.3 Å². The second-order valence-corrected chi connectivity index (χ2v) is 6.78. The molecule has 0 bridgehead atoms. The number of methoxy groups -OCH3 is 1. The van der Waals surface area contributed by atoms with E-state index in [9.17, 15) is 0 Å². The lowest BCUT2D eigenvalue weighted by atomic mass is 10.2. The van der Waals surface area contributed by atoms with Crippen LogP contribution in [0.4, 0.5) is 23.1 Å².